The summed E-state index contributed by atoms with van der Waals surface area (Å²) in [6.45, 7) is 0.772. The molecule has 2 aromatic rings. The van der Waals surface area contributed by atoms with E-state index >= 15 is 0 Å². The third kappa shape index (κ3) is 4.92. The molecule has 2 bridgehead atoms. The molecule has 7 nitrogen and oxygen atoms in total. The van der Waals surface area contributed by atoms with Crippen molar-refractivity contribution in [2.24, 2.45) is 0 Å². The van der Waals surface area contributed by atoms with Crippen molar-refractivity contribution in [3.63, 3.8) is 0 Å². The molecular formula is C22H24F3N3O4S. The number of rotatable bonds is 6. The van der Waals surface area contributed by atoms with Gasteiger partial charge in [0.05, 0.1) is 23.3 Å². The second kappa shape index (κ2) is 8.85. The maximum absolute atomic E-state index is 12.8. The molecular weight excluding hydrogens is 459 g/mol. The van der Waals surface area contributed by atoms with Crippen LogP contribution < -0.4 is 9.64 Å². The van der Waals surface area contributed by atoms with Gasteiger partial charge in [0.2, 0.25) is 5.91 Å². The number of pyridine rings is 1. The minimum Gasteiger partial charge on any atom is -0.497 e. The molecule has 2 aliphatic heterocycles. The van der Waals surface area contributed by atoms with E-state index in [4.69, 9.17) is 4.74 Å². The smallest absolute Gasteiger partial charge is 0.417 e. The van der Waals surface area contributed by atoms with Crippen molar-refractivity contribution < 1.29 is 31.1 Å². The number of anilines is 1. The summed E-state index contributed by atoms with van der Waals surface area (Å²) in [5.74, 6) is 0.322. The van der Waals surface area contributed by atoms with Crippen LogP contribution in [-0.2, 0) is 20.8 Å². The van der Waals surface area contributed by atoms with E-state index in [0.717, 1.165) is 25.1 Å². The Kier molecular flexibility index (Phi) is 6.26. The first-order chi connectivity index (χ1) is 15.6. The van der Waals surface area contributed by atoms with E-state index in [-0.39, 0.29) is 35.1 Å². The van der Waals surface area contributed by atoms with E-state index in [1.165, 1.54) is 25.3 Å². The molecule has 2 fully saturated rings. The second-order valence-corrected chi connectivity index (χ2v) is 10.4. The highest BCUT2D eigenvalue weighted by Crippen LogP contribution is 2.36. The molecule has 33 heavy (non-hydrogen) atoms. The van der Waals surface area contributed by atoms with E-state index in [2.05, 4.69) is 4.98 Å². The molecule has 2 saturated heterocycles. The summed E-state index contributed by atoms with van der Waals surface area (Å²) in [5, 5.41) is 0. The van der Waals surface area contributed by atoms with Gasteiger partial charge in [-0.1, -0.05) is 6.07 Å². The lowest BCUT2D eigenvalue weighted by atomic mass is 10.1. The molecule has 2 aliphatic rings. The van der Waals surface area contributed by atoms with Crippen LogP contribution >= 0.6 is 0 Å². The van der Waals surface area contributed by atoms with E-state index < -0.39 is 21.6 Å². The molecule has 0 spiro atoms. The standard InChI is InChI=1S/C22H24F3N3O4S/c1-32-18-3-2-4-19(11-18)33(30,31)10-9-21(29)27-13-16-6-7-17(14-27)28(16)20-8-5-15(12-26-20)22(23,24)25/h2-5,8,11-12,16-17H,6-7,9-10,13-14H2,1H3. The van der Waals surface area contributed by atoms with Crippen molar-refractivity contribution in [1.29, 1.82) is 0 Å². The summed E-state index contributed by atoms with van der Waals surface area (Å²) in [7, 11) is -2.20. The lowest BCUT2D eigenvalue weighted by Gasteiger charge is -2.42. The van der Waals surface area contributed by atoms with Crippen LogP contribution in [0, 0.1) is 0 Å². The number of sulfone groups is 1. The van der Waals surface area contributed by atoms with Crippen LogP contribution in [0.2, 0.25) is 0 Å². The summed E-state index contributed by atoms with van der Waals surface area (Å²) < 4.78 is 68.8. The van der Waals surface area contributed by atoms with E-state index in [1.807, 2.05) is 4.90 Å². The lowest BCUT2D eigenvalue weighted by Crippen LogP contribution is -2.55. The van der Waals surface area contributed by atoms with Crippen LogP contribution in [0.3, 0.4) is 0 Å². The maximum atomic E-state index is 12.8. The average molecular weight is 484 g/mol. The predicted octanol–water partition coefficient (Wildman–Crippen LogP) is 3.15. The van der Waals surface area contributed by atoms with Gasteiger partial charge in [0.25, 0.3) is 0 Å². The van der Waals surface area contributed by atoms with Crippen LogP contribution in [0.5, 0.6) is 5.75 Å². The number of hydrogen-bond acceptors (Lipinski definition) is 6. The minimum absolute atomic E-state index is 0.0630. The van der Waals surface area contributed by atoms with Crippen molar-refractivity contribution in [3.8, 4) is 5.75 Å². The summed E-state index contributed by atoms with van der Waals surface area (Å²) >= 11 is 0. The highest BCUT2D eigenvalue weighted by molar-refractivity contribution is 7.91. The Hall–Kier alpha value is -2.82. The topological polar surface area (TPSA) is 79.8 Å². The van der Waals surface area contributed by atoms with Crippen LogP contribution in [0.1, 0.15) is 24.8 Å². The number of alkyl halides is 3. The van der Waals surface area contributed by atoms with Gasteiger partial charge in [0.1, 0.15) is 11.6 Å². The summed E-state index contributed by atoms with van der Waals surface area (Å²) in [6, 6.07) is 8.38. The Morgan fingerprint density at radius 1 is 1.15 bits per heavy atom. The highest BCUT2D eigenvalue weighted by atomic mass is 32.2. The third-order valence-electron chi connectivity index (χ3n) is 6.16. The van der Waals surface area contributed by atoms with Crippen molar-refractivity contribution in [2.45, 2.75) is 42.4 Å². The van der Waals surface area contributed by atoms with Crippen molar-refractivity contribution in [1.82, 2.24) is 9.88 Å². The van der Waals surface area contributed by atoms with Gasteiger partial charge in [-0.2, -0.15) is 13.2 Å². The zero-order valence-electron chi connectivity index (χ0n) is 18.0. The molecule has 0 N–H and O–H groups in total. The summed E-state index contributed by atoms with van der Waals surface area (Å²) in [4.78, 5) is 20.5. The number of amides is 1. The van der Waals surface area contributed by atoms with Crippen molar-refractivity contribution in [2.75, 3.05) is 30.9 Å². The first-order valence-electron chi connectivity index (χ1n) is 10.5. The fourth-order valence-electron chi connectivity index (χ4n) is 4.48. The monoisotopic (exact) mass is 483 g/mol. The number of carbonyl (C=O) groups excluding carboxylic acids is 1. The van der Waals surface area contributed by atoms with Gasteiger partial charge in [-0.25, -0.2) is 13.4 Å². The molecule has 3 heterocycles. The van der Waals surface area contributed by atoms with E-state index in [0.29, 0.717) is 24.7 Å². The number of benzene rings is 1. The Morgan fingerprint density at radius 3 is 2.42 bits per heavy atom. The predicted molar refractivity (Wildman–Crippen MR) is 115 cm³/mol. The Labute approximate surface area is 190 Å². The zero-order chi connectivity index (χ0) is 23.8. The summed E-state index contributed by atoms with van der Waals surface area (Å²) in [5.41, 5.74) is -0.801. The number of ether oxygens (including phenoxy) is 1. The number of halogens is 3. The SMILES string of the molecule is COc1cccc(S(=O)(=O)CCC(=O)N2CC3CCC(C2)N3c2ccc(C(F)(F)F)cn2)c1. The molecule has 11 heteroatoms. The van der Waals surface area contributed by atoms with Crippen molar-refractivity contribution >= 4 is 21.6 Å². The van der Waals surface area contributed by atoms with Gasteiger partial charge < -0.3 is 14.5 Å². The normalized spacial score (nSPS) is 20.7. The number of methoxy groups -OCH3 is 1. The molecule has 178 valence electrons. The molecule has 0 saturated carbocycles. The maximum Gasteiger partial charge on any atom is 0.417 e. The van der Waals surface area contributed by atoms with E-state index in [1.54, 1.807) is 17.0 Å². The molecule has 2 atom stereocenters. The van der Waals surface area contributed by atoms with Crippen LogP contribution in [0.25, 0.3) is 0 Å². The molecule has 1 amide bonds. The second-order valence-electron chi connectivity index (χ2n) is 8.24. The number of nitrogens with zero attached hydrogens (tertiary/aromatic N) is 3. The largest absolute Gasteiger partial charge is 0.497 e. The zero-order valence-corrected chi connectivity index (χ0v) is 18.8. The number of likely N-dealkylation sites (tertiary alicyclic amines) is 1. The Balaban J connectivity index is 1.39. The minimum atomic E-state index is -4.44. The summed E-state index contributed by atoms with van der Waals surface area (Å²) in [6.07, 6.45) is -2.17. The van der Waals surface area contributed by atoms with E-state index in [9.17, 15) is 26.4 Å². The molecule has 0 radical (unpaired) electrons. The Morgan fingerprint density at radius 2 is 1.85 bits per heavy atom. The van der Waals surface area contributed by atoms with Gasteiger partial charge in [0, 0.05) is 37.8 Å². The van der Waals surface area contributed by atoms with Crippen LogP contribution in [-0.4, -0.2) is 62.2 Å². The Bertz CT molecular complexity index is 1110. The number of piperazine rings is 1. The fraction of sp³-hybridized carbons (Fsp3) is 0.455. The van der Waals surface area contributed by atoms with Crippen molar-refractivity contribution in [3.05, 3.63) is 48.2 Å². The van der Waals surface area contributed by atoms with Gasteiger partial charge in [-0.3, -0.25) is 4.79 Å². The molecule has 0 aliphatic carbocycles. The number of aromatic nitrogens is 1. The first-order valence-corrected chi connectivity index (χ1v) is 12.2. The van der Waals surface area contributed by atoms with Gasteiger partial charge >= 0.3 is 6.18 Å². The lowest BCUT2D eigenvalue weighted by molar-refractivity contribution is -0.138. The molecule has 1 aromatic heterocycles. The fourth-order valence-corrected chi connectivity index (χ4v) is 5.74. The third-order valence-corrected chi connectivity index (χ3v) is 7.87. The number of hydrogen-bond donors (Lipinski definition) is 0. The van der Waals surface area contributed by atoms with Crippen LogP contribution in [0.15, 0.2) is 47.5 Å². The molecule has 1 aromatic carbocycles. The number of fused-ring (bicyclic) bond motifs is 2. The van der Waals surface area contributed by atoms with Gasteiger partial charge in [-0.05, 0) is 43.2 Å². The molecule has 4 rings (SSSR count). The quantitative estimate of drug-likeness (QED) is 0.628. The first kappa shape index (κ1) is 23.3. The highest BCUT2D eigenvalue weighted by Gasteiger charge is 2.42. The number of carbonyl (C=O) groups is 1. The van der Waals surface area contributed by atoms with Gasteiger partial charge in [-0.15, -0.1) is 0 Å². The molecule has 2 unspecified atom stereocenters. The van der Waals surface area contributed by atoms with Crippen LogP contribution in [0.4, 0.5) is 19.0 Å². The van der Waals surface area contributed by atoms with Gasteiger partial charge in [0.15, 0.2) is 9.84 Å². The average Bonchev–Trinajstić information content (AvgIpc) is 3.06.